The van der Waals surface area contributed by atoms with E-state index in [1.807, 2.05) is 45.9 Å². The van der Waals surface area contributed by atoms with Gasteiger partial charge in [-0.05, 0) is 48.4 Å². The van der Waals surface area contributed by atoms with Gasteiger partial charge in [-0.2, -0.15) is 5.26 Å². The van der Waals surface area contributed by atoms with Crippen molar-refractivity contribution in [2.75, 3.05) is 26.8 Å². The molecule has 3 aromatic rings. The van der Waals surface area contributed by atoms with E-state index in [0.29, 0.717) is 61.2 Å². The van der Waals surface area contributed by atoms with Crippen LogP contribution >= 0.6 is 0 Å². The first-order valence-electron chi connectivity index (χ1n) is 12.0. The largest absolute Gasteiger partial charge is 0.493 e. The Balaban J connectivity index is 1.36. The molecule has 7 heteroatoms. The van der Waals surface area contributed by atoms with Crippen LogP contribution in [0.15, 0.2) is 54.6 Å². The number of rotatable bonds is 5. The highest BCUT2D eigenvalue weighted by Crippen LogP contribution is 2.46. The zero-order valence-corrected chi connectivity index (χ0v) is 20.3. The molecule has 0 radical (unpaired) electrons. The fourth-order valence-corrected chi connectivity index (χ4v) is 4.92. The van der Waals surface area contributed by atoms with Crippen molar-refractivity contribution in [1.82, 2.24) is 9.47 Å². The molecule has 2 aliphatic rings. The third-order valence-corrected chi connectivity index (χ3v) is 6.71. The maximum Gasteiger partial charge on any atom is 0.253 e. The molecule has 0 unspecified atom stereocenters. The fourth-order valence-electron chi connectivity index (χ4n) is 4.92. The first-order valence-corrected chi connectivity index (χ1v) is 12.0. The Morgan fingerprint density at radius 2 is 1.89 bits per heavy atom. The Hall–Kier alpha value is -3.92. The molecule has 1 saturated heterocycles. The summed E-state index contributed by atoms with van der Waals surface area (Å²) in [7, 11) is 1.58. The molecule has 35 heavy (non-hydrogen) atoms. The number of aromatic nitrogens is 1. The average Bonchev–Trinajstić information content (AvgIpc) is 3.33. The predicted octanol–water partition coefficient (Wildman–Crippen LogP) is 4.92. The smallest absolute Gasteiger partial charge is 0.253 e. The van der Waals surface area contributed by atoms with Crippen LogP contribution in [0.1, 0.15) is 48.4 Å². The van der Waals surface area contributed by atoms with Gasteiger partial charge in [-0.15, -0.1) is 0 Å². The number of amides is 1. The fraction of sp³-hybridized carbons (Fsp3) is 0.357. The highest BCUT2D eigenvalue weighted by atomic mass is 16.5. The Labute approximate surface area is 205 Å². The van der Waals surface area contributed by atoms with Gasteiger partial charge >= 0.3 is 0 Å². The van der Waals surface area contributed by atoms with Crippen molar-refractivity contribution in [3.63, 3.8) is 0 Å². The number of fused-ring (bicyclic) bond motifs is 4. The minimum Gasteiger partial charge on any atom is -0.493 e. The van der Waals surface area contributed by atoms with E-state index in [0.717, 1.165) is 17.1 Å². The molecular weight excluding hydrogens is 442 g/mol. The first kappa shape index (κ1) is 22.9. The van der Waals surface area contributed by atoms with Gasteiger partial charge in [0.05, 0.1) is 25.1 Å². The molecule has 3 heterocycles. The van der Waals surface area contributed by atoms with Gasteiger partial charge in [0.25, 0.3) is 5.91 Å². The van der Waals surface area contributed by atoms with E-state index in [1.54, 1.807) is 25.3 Å². The van der Waals surface area contributed by atoms with E-state index in [2.05, 4.69) is 19.9 Å². The van der Waals surface area contributed by atoms with Crippen LogP contribution in [0.5, 0.6) is 17.2 Å². The third kappa shape index (κ3) is 3.99. The molecule has 0 aliphatic carbocycles. The van der Waals surface area contributed by atoms with Crippen molar-refractivity contribution in [2.45, 2.75) is 32.3 Å². The van der Waals surface area contributed by atoms with Crippen LogP contribution in [0.4, 0.5) is 0 Å². The van der Waals surface area contributed by atoms with Gasteiger partial charge in [0, 0.05) is 31.5 Å². The van der Waals surface area contributed by atoms with Gasteiger partial charge in [0.1, 0.15) is 17.5 Å². The molecule has 2 aromatic carbocycles. The van der Waals surface area contributed by atoms with Crippen LogP contribution < -0.4 is 14.2 Å². The quantitative estimate of drug-likeness (QED) is 0.528. The summed E-state index contributed by atoms with van der Waals surface area (Å²) in [4.78, 5) is 15.2. The SMILES string of the molecule is COc1cc(C(=O)N2CCC3(CC2)Oc2ccccc2-n2c(C#N)ccc23)ccc1OCC(C)C. The molecule has 1 spiro atoms. The molecule has 0 atom stereocenters. The maximum atomic E-state index is 13.4. The molecule has 0 bridgehead atoms. The number of benzene rings is 2. The number of nitriles is 1. The molecule has 1 fully saturated rings. The van der Waals surface area contributed by atoms with Crippen molar-refractivity contribution >= 4 is 5.91 Å². The zero-order chi connectivity index (χ0) is 24.6. The van der Waals surface area contributed by atoms with Gasteiger partial charge in [0.2, 0.25) is 0 Å². The lowest BCUT2D eigenvalue weighted by Crippen LogP contribution is -2.50. The van der Waals surface area contributed by atoms with E-state index >= 15 is 0 Å². The van der Waals surface area contributed by atoms with Crippen LogP contribution in [0.3, 0.4) is 0 Å². The number of nitrogens with zero attached hydrogens (tertiary/aromatic N) is 3. The monoisotopic (exact) mass is 471 g/mol. The average molecular weight is 472 g/mol. The third-order valence-electron chi connectivity index (χ3n) is 6.71. The second kappa shape index (κ2) is 9.03. The molecule has 1 amide bonds. The summed E-state index contributed by atoms with van der Waals surface area (Å²) in [5.74, 6) is 2.30. The molecule has 0 saturated carbocycles. The van der Waals surface area contributed by atoms with Gasteiger partial charge < -0.3 is 19.1 Å². The maximum absolute atomic E-state index is 13.4. The highest BCUT2D eigenvalue weighted by Gasteiger charge is 2.45. The van der Waals surface area contributed by atoms with Crippen LogP contribution in [0.25, 0.3) is 5.69 Å². The summed E-state index contributed by atoms with van der Waals surface area (Å²) in [5.41, 5.74) is 2.42. The highest BCUT2D eigenvalue weighted by molar-refractivity contribution is 5.95. The van der Waals surface area contributed by atoms with Gasteiger partial charge in [0.15, 0.2) is 17.1 Å². The van der Waals surface area contributed by atoms with Crippen molar-refractivity contribution in [2.24, 2.45) is 5.92 Å². The normalized spacial score (nSPS) is 15.7. The zero-order valence-electron chi connectivity index (χ0n) is 20.3. The standard InChI is InChI=1S/C28H29N3O4/c1-19(2)18-34-24-10-8-20(16-25(24)33-3)27(32)30-14-12-28(13-15-30)26-11-9-21(17-29)31(26)22-6-4-5-7-23(22)35-28/h4-11,16,19H,12-15,18H2,1-3H3. The van der Waals surface area contributed by atoms with Crippen LogP contribution in [0.2, 0.25) is 0 Å². The number of hydrogen-bond acceptors (Lipinski definition) is 5. The molecule has 0 N–H and O–H groups in total. The summed E-state index contributed by atoms with van der Waals surface area (Å²) in [6, 6.07) is 19.3. The van der Waals surface area contributed by atoms with E-state index in [9.17, 15) is 10.1 Å². The van der Waals surface area contributed by atoms with Crippen molar-refractivity contribution in [3.05, 3.63) is 71.5 Å². The number of para-hydroxylation sites is 2. The second-order valence-corrected chi connectivity index (χ2v) is 9.48. The number of likely N-dealkylation sites (tertiary alicyclic amines) is 1. The molecule has 1 aromatic heterocycles. The number of ether oxygens (including phenoxy) is 3. The summed E-state index contributed by atoms with van der Waals surface area (Å²) in [5, 5.41) is 9.67. The number of carbonyl (C=O) groups is 1. The van der Waals surface area contributed by atoms with E-state index in [4.69, 9.17) is 14.2 Å². The Kier molecular flexibility index (Phi) is 5.89. The lowest BCUT2D eigenvalue weighted by molar-refractivity contribution is -0.00938. The van der Waals surface area contributed by atoms with E-state index in [-0.39, 0.29) is 5.91 Å². The number of methoxy groups -OCH3 is 1. The Morgan fingerprint density at radius 3 is 2.60 bits per heavy atom. The van der Waals surface area contributed by atoms with Crippen molar-refractivity contribution in [3.8, 4) is 29.0 Å². The molecule has 2 aliphatic heterocycles. The number of hydrogen-bond donors (Lipinski definition) is 0. The van der Waals surface area contributed by atoms with Crippen LogP contribution in [-0.2, 0) is 5.60 Å². The lowest BCUT2D eigenvalue weighted by Gasteiger charge is -2.45. The summed E-state index contributed by atoms with van der Waals surface area (Å²) in [6.07, 6.45) is 1.27. The van der Waals surface area contributed by atoms with Crippen LogP contribution in [-0.4, -0.2) is 42.2 Å². The predicted molar refractivity (Wildman–Crippen MR) is 131 cm³/mol. The second-order valence-electron chi connectivity index (χ2n) is 9.48. The molecule has 5 rings (SSSR count). The number of piperidine rings is 1. The van der Waals surface area contributed by atoms with E-state index < -0.39 is 5.60 Å². The molecule has 180 valence electrons. The summed E-state index contributed by atoms with van der Waals surface area (Å²) in [6.45, 7) is 5.83. The van der Waals surface area contributed by atoms with Crippen LogP contribution in [0, 0.1) is 17.2 Å². The molecule has 7 nitrogen and oxygen atoms in total. The molecular formula is C28H29N3O4. The minimum absolute atomic E-state index is 0.0436. The van der Waals surface area contributed by atoms with Gasteiger partial charge in [-0.1, -0.05) is 26.0 Å². The van der Waals surface area contributed by atoms with Crippen molar-refractivity contribution in [1.29, 1.82) is 5.26 Å². The van der Waals surface area contributed by atoms with E-state index in [1.165, 1.54) is 0 Å². The van der Waals surface area contributed by atoms with Gasteiger partial charge in [-0.3, -0.25) is 9.36 Å². The minimum atomic E-state index is -0.577. The Morgan fingerprint density at radius 1 is 1.11 bits per heavy atom. The summed E-state index contributed by atoms with van der Waals surface area (Å²) < 4.78 is 19.9. The topological polar surface area (TPSA) is 76.7 Å². The summed E-state index contributed by atoms with van der Waals surface area (Å²) >= 11 is 0. The Bertz CT molecular complexity index is 1300. The van der Waals surface area contributed by atoms with Gasteiger partial charge in [-0.25, -0.2) is 0 Å². The lowest BCUT2D eigenvalue weighted by atomic mass is 9.86. The van der Waals surface area contributed by atoms with Crippen molar-refractivity contribution < 1.29 is 19.0 Å². The first-order chi connectivity index (χ1) is 17.0. The number of carbonyl (C=O) groups excluding carboxylic acids is 1.